The fourth-order valence-corrected chi connectivity index (χ4v) is 5.72. The number of hydrazone groups is 2. The van der Waals surface area contributed by atoms with Gasteiger partial charge in [0, 0.05) is 27.4 Å². The lowest BCUT2D eigenvalue weighted by Crippen LogP contribution is -2.44. The molecule has 2 heterocycles. The van der Waals surface area contributed by atoms with Gasteiger partial charge in [-0.3, -0.25) is 0 Å². The zero-order valence-electron chi connectivity index (χ0n) is 19.3. The Bertz CT molecular complexity index is 1200. The molecule has 0 aliphatic carbocycles. The van der Waals surface area contributed by atoms with Crippen molar-refractivity contribution in [3.63, 3.8) is 0 Å². The Kier molecular flexibility index (Phi) is 6.55. The number of hydrogen-bond donors (Lipinski definition) is 2. The summed E-state index contributed by atoms with van der Waals surface area (Å²) in [5.41, 5.74) is 3.83. The van der Waals surface area contributed by atoms with Gasteiger partial charge in [-0.25, -0.2) is 10.0 Å². The van der Waals surface area contributed by atoms with Crippen molar-refractivity contribution >= 4 is 46.0 Å². The molecule has 5 atom stereocenters. The van der Waals surface area contributed by atoms with Crippen molar-refractivity contribution in [2.75, 3.05) is 10.0 Å². The maximum Gasteiger partial charge on any atom is 0.156 e. The number of nitrogens with zero attached hydrogens (tertiary/aromatic N) is 4. The highest BCUT2D eigenvalue weighted by Crippen LogP contribution is 2.47. The smallest absolute Gasteiger partial charge is 0.156 e. The van der Waals surface area contributed by atoms with Crippen molar-refractivity contribution in [3.05, 3.63) is 94.5 Å². The molecule has 3 aromatic carbocycles. The highest BCUT2D eigenvalue weighted by atomic mass is 35.5. The van der Waals surface area contributed by atoms with Crippen molar-refractivity contribution in [1.82, 2.24) is 0 Å². The third-order valence-electron chi connectivity index (χ3n) is 6.78. The van der Waals surface area contributed by atoms with Crippen molar-refractivity contribution in [2.45, 2.75) is 32.2 Å². The molecule has 2 aliphatic heterocycles. The summed E-state index contributed by atoms with van der Waals surface area (Å²) in [7, 11) is 0. The number of halogens is 2. The average molecular weight is 509 g/mol. The molecule has 180 valence electrons. The molecular formula is C27H26Cl2N4O2. The molecule has 0 bridgehead atoms. The highest BCUT2D eigenvalue weighted by molar-refractivity contribution is 6.35. The van der Waals surface area contributed by atoms with Crippen LogP contribution < -0.4 is 10.0 Å². The molecule has 1 unspecified atom stereocenters. The molecular weight excluding hydrogens is 483 g/mol. The molecule has 2 aliphatic rings. The van der Waals surface area contributed by atoms with Crippen LogP contribution in [0.3, 0.4) is 0 Å². The van der Waals surface area contributed by atoms with Gasteiger partial charge >= 0.3 is 0 Å². The van der Waals surface area contributed by atoms with E-state index < -0.39 is 30.2 Å². The minimum absolute atomic E-state index is 0.417. The van der Waals surface area contributed by atoms with E-state index in [0.29, 0.717) is 10.0 Å². The molecule has 0 amide bonds. The number of hydrogen-bond acceptors (Lipinski definition) is 6. The standard InChI is InChI=1S/C27H26Cl2N4O2/c1-16-23(26(34)32(30-16)19-9-5-3-6-10-19)25(21-14-13-18(28)15-22(21)29)24-17(2)31-33(27(24)35)20-11-7-4-8-12-20/h3-15,23-27,34-35H,1-2H3/t23-,24-,25?,26-,27+/m0/s1. The quantitative estimate of drug-likeness (QED) is 0.460. The van der Waals surface area contributed by atoms with Crippen LogP contribution in [0.4, 0.5) is 11.4 Å². The van der Waals surface area contributed by atoms with Gasteiger partial charge in [-0.2, -0.15) is 10.2 Å². The molecule has 6 nitrogen and oxygen atoms in total. The molecule has 35 heavy (non-hydrogen) atoms. The normalized spacial score (nSPS) is 25.0. The lowest BCUT2D eigenvalue weighted by molar-refractivity contribution is 0.0886. The second-order valence-corrected chi connectivity index (χ2v) is 9.76. The van der Waals surface area contributed by atoms with E-state index >= 15 is 0 Å². The first-order valence-electron chi connectivity index (χ1n) is 11.5. The van der Waals surface area contributed by atoms with E-state index in [4.69, 9.17) is 33.4 Å². The average Bonchev–Trinajstić information content (AvgIpc) is 3.32. The van der Waals surface area contributed by atoms with Crippen LogP contribution in [-0.2, 0) is 0 Å². The van der Waals surface area contributed by atoms with E-state index in [1.54, 1.807) is 22.2 Å². The summed E-state index contributed by atoms with van der Waals surface area (Å²) in [6, 6.07) is 24.4. The van der Waals surface area contributed by atoms with E-state index in [1.807, 2.05) is 80.6 Å². The van der Waals surface area contributed by atoms with Gasteiger partial charge in [0.1, 0.15) is 0 Å². The number of aliphatic hydroxyl groups excluding tert-OH is 2. The van der Waals surface area contributed by atoms with Crippen LogP contribution in [-0.4, -0.2) is 34.1 Å². The molecule has 0 spiro atoms. The molecule has 0 aromatic heterocycles. The zero-order chi connectivity index (χ0) is 24.7. The molecule has 0 fully saturated rings. The summed E-state index contributed by atoms with van der Waals surface area (Å²) >= 11 is 12.9. The van der Waals surface area contributed by atoms with Crippen LogP contribution >= 0.6 is 23.2 Å². The highest BCUT2D eigenvalue weighted by Gasteiger charge is 2.50. The van der Waals surface area contributed by atoms with Gasteiger partial charge in [-0.1, -0.05) is 65.7 Å². The van der Waals surface area contributed by atoms with Crippen LogP contribution in [0.5, 0.6) is 0 Å². The van der Waals surface area contributed by atoms with Gasteiger partial charge < -0.3 is 10.2 Å². The third kappa shape index (κ3) is 4.32. The summed E-state index contributed by atoms with van der Waals surface area (Å²) in [6.45, 7) is 3.80. The Morgan fingerprint density at radius 1 is 0.714 bits per heavy atom. The largest absolute Gasteiger partial charge is 0.371 e. The number of anilines is 2. The lowest BCUT2D eigenvalue weighted by Gasteiger charge is -2.36. The first-order chi connectivity index (χ1) is 16.9. The van der Waals surface area contributed by atoms with E-state index in [1.165, 1.54) is 0 Å². The summed E-state index contributed by atoms with van der Waals surface area (Å²) in [4.78, 5) is 0. The SMILES string of the molecule is CC1=NN(c2ccccc2)[C@H](O)[C@@H]1C(c1ccc(Cl)cc1Cl)[C@@H]1C(C)=NN(c2ccccc2)[C@H]1O. The minimum Gasteiger partial charge on any atom is -0.371 e. The fraction of sp³-hybridized carbons (Fsp3) is 0.259. The maximum absolute atomic E-state index is 11.6. The first-order valence-corrected chi connectivity index (χ1v) is 12.2. The topological polar surface area (TPSA) is 71.7 Å². The predicted molar refractivity (Wildman–Crippen MR) is 142 cm³/mol. The number of rotatable bonds is 5. The summed E-state index contributed by atoms with van der Waals surface area (Å²) in [5, 5.41) is 36.8. The number of benzene rings is 3. The first kappa shape index (κ1) is 23.8. The Morgan fingerprint density at radius 2 is 1.17 bits per heavy atom. The Morgan fingerprint density at radius 3 is 1.60 bits per heavy atom. The zero-order valence-corrected chi connectivity index (χ0v) is 20.8. The van der Waals surface area contributed by atoms with Gasteiger partial charge in [-0.05, 0) is 55.8 Å². The molecule has 3 aromatic rings. The Balaban J connectivity index is 1.59. The van der Waals surface area contributed by atoms with E-state index in [-0.39, 0.29) is 0 Å². The predicted octanol–water partition coefficient (Wildman–Crippen LogP) is 5.74. The second kappa shape index (κ2) is 9.63. The molecule has 0 saturated heterocycles. The van der Waals surface area contributed by atoms with Crippen molar-refractivity contribution < 1.29 is 10.2 Å². The second-order valence-electron chi connectivity index (χ2n) is 8.91. The minimum atomic E-state index is -0.958. The van der Waals surface area contributed by atoms with Gasteiger partial charge in [0.25, 0.3) is 0 Å². The Hall–Kier alpha value is -2.90. The van der Waals surface area contributed by atoms with Crippen LogP contribution in [0.1, 0.15) is 25.3 Å². The molecule has 2 N–H and O–H groups in total. The van der Waals surface area contributed by atoms with Crippen LogP contribution in [0, 0.1) is 11.8 Å². The van der Waals surface area contributed by atoms with E-state index in [0.717, 1.165) is 28.4 Å². The van der Waals surface area contributed by atoms with Gasteiger partial charge in [0.05, 0.1) is 23.2 Å². The van der Waals surface area contributed by atoms with Gasteiger partial charge in [0.15, 0.2) is 12.5 Å². The van der Waals surface area contributed by atoms with Crippen LogP contribution in [0.2, 0.25) is 10.0 Å². The molecule has 0 saturated carbocycles. The molecule has 5 rings (SSSR count). The number of para-hydroxylation sites is 2. The van der Waals surface area contributed by atoms with E-state index in [2.05, 4.69) is 0 Å². The van der Waals surface area contributed by atoms with Crippen molar-refractivity contribution in [1.29, 1.82) is 0 Å². The summed E-state index contributed by atoms with van der Waals surface area (Å²) in [5.74, 6) is -1.32. The summed E-state index contributed by atoms with van der Waals surface area (Å²) < 4.78 is 0. The number of aliphatic hydroxyl groups is 2. The Labute approximate surface area is 214 Å². The third-order valence-corrected chi connectivity index (χ3v) is 7.34. The molecule has 0 radical (unpaired) electrons. The lowest BCUT2D eigenvalue weighted by atomic mass is 9.72. The fourth-order valence-electron chi connectivity index (χ4n) is 5.18. The molecule has 8 heteroatoms. The van der Waals surface area contributed by atoms with Crippen LogP contribution in [0.15, 0.2) is 89.1 Å². The van der Waals surface area contributed by atoms with Gasteiger partial charge in [-0.15, -0.1) is 0 Å². The van der Waals surface area contributed by atoms with Crippen LogP contribution in [0.25, 0.3) is 0 Å². The van der Waals surface area contributed by atoms with Crippen molar-refractivity contribution in [2.24, 2.45) is 22.0 Å². The monoisotopic (exact) mass is 508 g/mol. The van der Waals surface area contributed by atoms with Crippen molar-refractivity contribution in [3.8, 4) is 0 Å². The maximum atomic E-state index is 11.6. The summed E-state index contributed by atoms with van der Waals surface area (Å²) in [6.07, 6.45) is -1.92. The van der Waals surface area contributed by atoms with E-state index in [9.17, 15) is 10.2 Å². The van der Waals surface area contributed by atoms with Gasteiger partial charge in [0.2, 0.25) is 0 Å².